The lowest BCUT2D eigenvalue weighted by Gasteiger charge is -2.26. The number of thiocarbonyl (C=S) groups is 1. The Morgan fingerprint density at radius 1 is 1.30 bits per heavy atom. The van der Waals surface area contributed by atoms with Crippen molar-refractivity contribution in [1.29, 1.82) is 0 Å². The van der Waals surface area contributed by atoms with E-state index in [-0.39, 0.29) is 0 Å². The van der Waals surface area contributed by atoms with Crippen molar-refractivity contribution in [3.8, 4) is 0 Å². The molecule has 0 aliphatic heterocycles. The zero-order valence-corrected chi connectivity index (χ0v) is 14.5. The predicted octanol–water partition coefficient (Wildman–Crippen LogP) is 4.36. The first-order chi connectivity index (χ1) is 11.2. The van der Waals surface area contributed by atoms with Gasteiger partial charge in [0, 0.05) is 12.7 Å². The van der Waals surface area contributed by atoms with Gasteiger partial charge in [0.25, 0.3) is 0 Å². The smallest absolute Gasteiger partial charge is 0.0845 e. The lowest BCUT2D eigenvalue weighted by atomic mass is 9.86. The molecule has 2 nitrogen and oxygen atoms in total. The number of rotatable bonds is 5. The molecule has 1 aromatic heterocycles. The van der Waals surface area contributed by atoms with Crippen LogP contribution in [0.4, 0.5) is 0 Å². The maximum atomic E-state index is 5.66. The third kappa shape index (κ3) is 4.17. The second-order valence-corrected chi connectivity index (χ2v) is 6.82. The van der Waals surface area contributed by atoms with Crippen molar-refractivity contribution in [2.24, 2.45) is 0 Å². The van der Waals surface area contributed by atoms with Gasteiger partial charge in [-0.05, 0) is 55.7 Å². The Kier molecular flexibility index (Phi) is 5.39. The third-order valence-corrected chi connectivity index (χ3v) is 4.94. The monoisotopic (exact) mass is 324 g/mol. The zero-order chi connectivity index (χ0) is 16.1. The molecule has 1 unspecified atom stereocenters. The topological polar surface area (TPSA) is 24.9 Å². The maximum Gasteiger partial charge on any atom is 0.0845 e. The molecule has 0 saturated carbocycles. The summed E-state index contributed by atoms with van der Waals surface area (Å²) < 4.78 is 0. The summed E-state index contributed by atoms with van der Waals surface area (Å²) in [6.45, 7) is 3.04. The summed E-state index contributed by atoms with van der Waals surface area (Å²) in [5.41, 5.74) is 5.21. The summed E-state index contributed by atoms with van der Waals surface area (Å²) in [6.07, 6.45) is 7.62. The first kappa shape index (κ1) is 16.1. The van der Waals surface area contributed by atoms with E-state index >= 15 is 0 Å². The van der Waals surface area contributed by atoms with E-state index < -0.39 is 0 Å². The second-order valence-electron chi connectivity index (χ2n) is 6.38. The van der Waals surface area contributed by atoms with Gasteiger partial charge in [0.2, 0.25) is 0 Å². The van der Waals surface area contributed by atoms with Crippen molar-refractivity contribution in [3.05, 3.63) is 65.0 Å². The van der Waals surface area contributed by atoms with Gasteiger partial charge in [-0.25, -0.2) is 0 Å². The van der Waals surface area contributed by atoms with Gasteiger partial charge in [0.1, 0.15) is 0 Å². The maximum absolute atomic E-state index is 5.66. The van der Waals surface area contributed by atoms with Crippen LogP contribution < -0.4 is 5.32 Å². The highest BCUT2D eigenvalue weighted by Gasteiger charge is 2.25. The summed E-state index contributed by atoms with van der Waals surface area (Å²) in [4.78, 5) is 5.64. The van der Waals surface area contributed by atoms with Crippen molar-refractivity contribution in [2.45, 2.75) is 44.9 Å². The number of nitrogens with one attached hydrogen (secondary N) is 1. The normalized spacial score (nSPS) is 16.7. The number of aryl methyl sites for hydroxylation is 3. The van der Waals surface area contributed by atoms with Gasteiger partial charge < -0.3 is 5.32 Å². The van der Waals surface area contributed by atoms with Crippen molar-refractivity contribution in [2.75, 3.05) is 6.54 Å². The van der Waals surface area contributed by atoms with Crippen LogP contribution in [0.3, 0.4) is 0 Å². The fourth-order valence-corrected chi connectivity index (χ4v) is 3.65. The molecular formula is C20H24N2S. The van der Waals surface area contributed by atoms with Crippen LogP contribution in [0.1, 0.15) is 47.6 Å². The Labute approximate surface area is 144 Å². The highest BCUT2D eigenvalue weighted by atomic mass is 32.1. The van der Waals surface area contributed by atoms with Crippen LogP contribution in [0.25, 0.3) is 0 Å². The minimum absolute atomic E-state index is 0.297. The van der Waals surface area contributed by atoms with E-state index in [0.29, 0.717) is 5.92 Å². The standard InChI is InChI=1S/C20H24N2S/c1-15-13-17-10-5-11-18(19(17)22-14-15)20(23)21-12-6-9-16-7-3-2-4-8-16/h2-4,7-8,13-14,18H,5-6,9-12H2,1H3,(H,21,23). The fourth-order valence-electron chi connectivity index (χ4n) is 3.31. The van der Waals surface area contributed by atoms with Crippen LogP contribution >= 0.6 is 12.2 Å². The molecule has 0 saturated heterocycles. The van der Waals surface area contributed by atoms with Gasteiger partial charge in [0.15, 0.2) is 0 Å². The van der Waals surface area contributed by atoms with Crippen LogP contribution in [0.15, 0.2) is 42.6 Å². The molecule has 1 aliphatic rings. The molecule has 3 heteroatoms. The van der Waals surface area contributed by atoms with Gasteiger partial charge >= 0.3 is 0 Å². The zero-order valence-electron chi connectivity index (χ0n) is 13.7. The Bertz CT molecular complexity index is 667. The molecule has 1 aromatic carbocycles. The van der Waals surface area contributed by atoms with Crippen LogP contribution in [0, 0.1) is 6.92 Å². The highest BCUT2D eigenvalue weighted by molar-refractivity contribution is 7.80. The molecule has 0 bridgehead atoms. The first-order valence-corrected chi connectivity index (χ1v) is 8.92. The lowest BCUT2D eigenvalue weighted by molar-refractivity contribution is 0.620. The number of aromatic nitrogens is 1. The molecule has 2 aromatic rings. The third-order valence-electron chi connectivity index (χ3n) is 4.51. The minimum Gasteiger partial charge on any atom is -0.379 e. The number of hydrogen-bond acceptors (Lipinski definition) is 2. The number of hydrogen-bond donors (Lipinski definition) is 1. The quantitative estimate of drug-likeness (QED) is 0.653. The fraction of sp³-hybridized carbons (Fsp3) is 0.400. The van der Waals surface area contributed by atoms with Crippen molar-refractivity contribution < 1.29 is 0 Å². The van der Waals surface area contributed by atoms with E-state index in [2.05, 4.69) is 53.6 Å². The molecular weight excluding hydrogens is 300 g/mol. The lowest BCUT2D eigenvalue weighted by Crippen LogP contribution is -2.31. The Balaban J connectivity index is 1.53. The van der Waals surface area contributed by atoms with Crippen molar-refractivity contribution >= 4 is 17.2 Å². The molecule has 3 rings (SSSR count). The van der Waals surface area contributed by atoms with Crippen LogP contribution in [-0.4, -0.2) is 16.5 Å². The summed E-state index contributed by atoms with van der Waals surface area (Å²) in [5.74, 6) is 0.297. The number of nitrogens with zero attached hydrogens (tertiary/aromatic N) is 1. The molecule has 23 heavy (non-hydrogen) atoms. The van der Waals surface area contributed by atoms with E-state index in [0.717, 1.165) is 37.2 Å². The molecule has 1 heterocycles. The molecule has 120 valence electrons. The first-order valence-electron chi connectivity index (χ1n) is 8.51. The van der Waals surface area contributed by atoms with Crippen LogP contribution in [0.2, 0.25) is 0 Å². The second kappa shape index (κ2) is 7.69. The molecule has 0 amide bonds. The number of pyridine rings is 1. The largest absolute Gasteiger partial charge is 0.379 e. The summed E-state index contributed by atoms with van der Waals surface area (Å²) >= 11 is 5.66. The van der Waals surface area contributed by atoms with Crippen LogP contribution in [0.5, 0.6) is 0 Å². The van der Waals surface area contributed by atoms with E-state index in [1.165, 1.54) is 28.8 Å². The molecule has 1 aliphatic carbocycles. The minimum atomic E-state index is 0.297. The van der Waals surface area contributed by atoms with Gasteiger partial charge in [-0.3, -0.25) is 4.98 Å². The van der Waals surface area contributed by atoms with E-state index in [1.54, 1.807) is 0 Å². The average molecular weight is 324 g/mol. The number of benzene rings is 1. The van der Waals surface area contributed by atoms with Gasteiger partial charge in [0.05, 0.1) is 16.6 Å². The van der Waals surface area contributed by atoms with Crippen molar-refractivity contribution in [1.82, 2.24) is 10.3 Å². The van der Waals surface area contributed by atoms with E-state index in [9.17, 15) is 0 Å². The van der Waals surface area contributed by atoms with E-state index in [4.69, 9.17) is 12.2 Å². The molecule has 0 radical (unpaired) electrons. The van der Waals surface area contributed by atoms with Gasteiger partial charge in [-0.1, -0.05) is 48.6 Å². The SMILES string of the molecule is Cc1cnc2c(c1)CCCC2C(=S)NCCCc1ccccc1. The van der Waals surface area contributed by atoms with E-state index in [1.807, 2.05) is 6.20 Å². The summed E-state index contributed by atoms with van der Waals surface area (Å²) in [5, 5.41) is 3.47. The molecule has 1 atom stereocenters. The Morgan fingerprint density at radius 3 is 2.96 bits per heavy atom. The van der Waals surface area contributed by atoms with Crippen LogP contribution in [-0.2, 0) is 12.8 Å². The molecule has 0 spiro atoms. The molecule has 1 N–H and O–H groups in total. The Morgan fingerprint density at radius 2 is 2.13 bits per heavy atom. The Hall–Kier alpha value is -1.74. The molecule has 0 fully saturated rings. The predicted molar refractivity (Wildman–Crippen MR) is 100 cm³/mol. The van der Waals surface area contributed by atoms with Gasteiger partial charge in [-0.2, -0.15) is 0 Å². The van der Waals surface area contributed by atoms with Gasteiger partial charge in [-0.15, -0.1) is 0 Å². The summed E-state index contributed by atoms with van der Waals surface area (Å²) in [6, 6.07) is 12.9. The number of fused-ring (bicyclic) bond motifs is 1. The summed E-state index contributed by atoms with van der Waals surface area (Å²) in [7, 11) is 0. The highest BCUT2D eigenvalue weighted by Crippen LogP contribution is 2.31. The average Bonchev–Trinajstić information content (AvgIpc) is 2.58. The van der Waals surface area contributed by atoms with Crippen molar-refractivity contribution in [3.63, 3.8) is 0 Å².